The summed E-state index contributed by atoms with van der Waals surface area (Å²) in [5.41, 5.74) is 7.86. The maximum absolute atomic E-state index is 5.37. The first-order valence-electron chi connectivity index (χ1n) is 9.02. The van der Waals surface area contributed by atoms with Gasteiger partial charge in [-0.15, -0.1) is 0 Å². The van der Waals surface area contributed by atoms with Crippen molar-refractivity contribution in [2.24, 2.45) is 0 Å². The van der Waals surface area contributed by atoms with Gasteiger partial charge in [0, 0.05) is 18.3 Å². The molecule has 2 N–H and O–H groups in total. The van der Waals surface area contributed by atoms with E-state index >= 15 is 0 Å². The summed E-state index contributed by atoms with van der Waals surface area (Å²) in [6.45, 7) is 2.10. The van der Waals surface area contributed by atoms with E-state index in [4.69, 9.17) is 14.0 Å². The second-order valence-corrected chi connectivity index (χ2v) is 6.50. The van der Waals surface area contributed by atoms with Crippen LogP contribution >= 0.6 is 0 Å². The van der Waals surface area contributed by atoms with Crippen LogP contribution < -0.4 is 14.8 Å². The smallest absolute Gasteiger partial charge is 0.182 e. The van der Waals surface area contributed by atoms with Crippen molar-refractivity contribution >= 4 is 16.8 Å². The zero-order valence-corrected chi connectivity index (χ0v) is 16.4. The summed E-state index contributed by atoms with van der Waals surface area (Å²) >= 11 is 0. The number of nitrogens with zero attached hydrogens (tertiary/aromatic N) is 1. The molecule has 4 bridgehead atoms. The summed E-state index contributed by atoms with van der Waals surface area (Å²) < 4.78 is 17.6. The third-order valence-corrected chi connectivity index (χ3v) is 4.90. The molecule has 3 aliphatic rings. The molecule has 3 aromatic rings. The molecule has 3 aliphatic heterocycles. The fraction of sp³-hybridized carbons (Fsp3) is 0.182. The molecule has 6 rings (SSSR count). The van der Waals surface area contributed by atoms with E-state index in [9.17, 15) is 0 Å². The maximum atomic E-state index is 5.37. The molecule has 3 aromatic carbocycles. The lowest BCUT2D eigenvalue weighted by atomic mass is 9.98. The summed E-state index contributed by atoms with van der Waals surface area (Å²) in [4.78, 5) is 0. The first kappa shape index (κ1) is 17.9. The van der Waals surface area contributed by atoms with Gasteiger partial charge in [-0.1, -0.05) is 18.2 Å². The number of hydrogen-bond donors (Lipinski definition) is 2. The average Bonchev–Trinajstić information content (AvgIpc) is 2.95. The van der Waals surface area contributed by atoms with Gasteiger partial charge in [-0.05, 0) is 54.4 Å². The van der Waals surface area contributed by atoms with E-state index in [-0.39, 0.29) is 0 Å². The molecule has 3 heterocycles. The Kier molecular flexibility index (Phi) is 4.61. The van der Waals surface area contributed by atoms with Crippen LogP contribution in [0, 0.1) is 6.92 Å². The number of nitrogens with one attached hydrogen (secondary N) is 2. The Morgan fingerprint density at radius 2 is 1.79 bits per heavy atom. The fourth-order valence-corrected chi connectivity index (χ4v) is 3.43. The van der Waals surface area contributed by atoms with E-state index in [1.165, 1.54) is 16.6 Å². The minimum Gasteiger partial charge on any atom is -0.493 e. The molecule has 28 heavy (non-hydrogen) atoms. The summed E-state index contributed by atoms with van der Waals surface area (Å²) in [6, 6.07) is 18.3. The van der Waals surface area contributed by atoms with Gasteiger partial charge in [-0.25, -0.2) is 4.68 Å². The van der Waals surface area contributed by atoms with Crippen LogP contribution in [0.25, 0.3) is 27.9 Å². The number of fused-ring (bicyclic) bond motifs is 1. The van der Waals surface area contributed by atoms with Crippen LogP contribution in [-0.4, -0.2) is 31.2 Å². The highest BCUT2D eigenvalue weighted by Gasteiger charge is 2.15. The predicted octanol–water partition coefficient (Wildman–Crippen LogP) is 5.15. The van der Waals surface area contributed by atoms with Crippen LogP contribution in [0.15, 0.2) is 59.1 Å². The minimum absolute atomic E-state index is 0.741. The molecule has 0 amide bonds. The van der Waals surface area contributed by atoms with Gasteiger partial charge in [0.1, 0.15) is 5.69 Å². The molecule has 0 aliphatic carbocycles. The molecule has 0 fully saturated rings. The van der Waals surface area contributed by atoms with Gasteiger partial charge in [0.2, 0.25) is 0 Å². The normalized spacial score (nSPS) is 10.9. The van der Waals surface area contributed by atoms with Crippen molar-refractivity contribution in [1.29, 1.82) is 0 Å². The number of benzene rings is 3. The van der Waals surface area contributed by atoms with Crippen molar-refractivity contribution in [3.8, 4) is 28.3 Å². The Morgan fingerprint density at radius 3 is 2.43 bits per heavy atom. The van der Waals surface area contributed by atoms with Crippen molar-refractivity contribution in [2.45, 2.75) is 6.92 Å². The molecule has 0 saturated heterocycles. The van der Waals surface area contributed by atoms with Crippen molar-refractivity contribution in [3.05, 3.63) is 60.2 Å². The fourth-order valence-electron chi connectivity index (χ4n) is 3.43. The van der Waals surface area contributed by atoms with Gasteiger partial charge < -0.3 is 19.3 Å². The molecule has 0 aromatic heterocycles. The average molecular weight is 377 g/mol. The molecular formula is C22H23N3O3. The SMILES string of the molecule is CNc1cccc(C)c1-c1ccc(OC)c(OC)c1.c1cc2cc3c1o[nH]n2-3. The Morgan fingerprint density at radius 1 is 0.964 bits per heavy atom. The number of hydrogen-bond acceptors (Lipinski definition) is 4. The van der Waals surface area contributed by atoms with Crippen LogP contribution in [0.5, 0.6) is 11.5 Å². The second-order valence-electron chi connectivity index (χ2n) is 6.50. The van der Waals surface area contributed by atoms with Gasteiger partial charge >= 0.3 is 0 Å². The number of aryl methyl sites for hydroxylation is 1. The number of anilines is 1. The van der Waals surface area contributed by atoms with E-state index in [1.807, 2.05) is 48.1 Å². The monoisotopic (exact) mass is 377 g/mol. The van der Waals surface area contributed by atoms with Crippen LogP contribution in [0.3, 0.4) is 0 Å². The van der Waals surface area contributed by atoms with Gasteiger partial charge in [0.25, 0.3) is 0 Å². The Labute approximate surface area is 163 Å². The molecule has 0 radical (unpaired) electrons. The summed E-state index contributed by atoms with van der Waals surface area (Å²) in [5.74, 6) is 1.48. The van der Waals surface area contributed by atoms with E-state index in [1.54, 1.807) is 14.2 Å². The van der Waals surface area contributed by atoms with Crippen LogP contribution in [0.1, 0.15) is 5.56 Å². The van der Waals surface area contributed by atoms with Crippen LogP contribution in [0.2, 0.25) is 0 Å². The first-order chi connectivity index (χ1) is 13.7. The molecule has 0 spiro atoms. The van der Waals surface area contributed by atoms with E-state index in [0.29, 0.717) is 0 Å². The van der Waals surface area contributed by atoms with E-state index in [2.05, 4.69) is 35.7 Å². The Hall–Kier alpha value is -3.54. The van der Waals surface area contributed by atoms with Crippen LogP contribution in [0.4, 0.5) is 5.69 Å². The van der Waals surface area contributed by atoms with Gasteiger partial charge in [-0.2, -0.15) is 5.27 Å². The van der Waals surface area contributed by atoms with Crippen molar-refractivity contribution in [3.63, 3.8) is 0 Å². The number of ether oxygens (including phenoxy) is 2. The number of aromatic amines is 1. The predicted molar refractivity (Wildman–Crippen MR) is 112 cm³/mol. The van der Waals surface area contributed by atoms with E-state index < -0.39 is 0 Å². The molecule has 6 nitrogen and oxygen atoms in total. The number of rotatable bonds is 4. The lowest BCUT2D eigenvalue weighted by Crippen LogP contribution is -2.02. The lowest BCUT2D eigenvalue weighted by Gasteiger charge is -2.14. The third kappa shape index (κ3) is 2.93. The number of methoxy groups -OCH3 is 2. The highest BCUT2D eigenvalue weighted by Crippen LogP contribution is 2.37. The highest BCUT2D eigenvalue weighted by molar-refractivity contribution is 5.82. The number of pyridine rings is 1. The molecule has 6 heteroatoms. The minimum atomic E-state index is 0.741. The third-order valence-electron chi connectivity index (χ3n) is 4.90. The Balaban J connectivity index is 0.000000174. The molecule has 0 saturated carbocycles. The van der Waals surface area contributed by atoms with Crippen molar-refractivity contribution in [1.82, 2.24) is 9.95 Å². The second kappa shape index (κ2) is 7.23. The van der Waals surface area contributed by atoms with Gasteiger partial charge in [0.05, 0.1) is 19.7 Å². The number of H-pyrrole nitrogens is 1. The summed E-state index contributed by atoms with van der Waals surface area (Å²) in [6.07, 6.45) is 0. The van der Waals surface area contributed by atoms with Gasteiger partial charge in [-0.3, -0.25) is 0 Å². The van der Waals surface area contributed by atoms with E-state index in [0.717, 1.165) is 34.0 Å². The quantitative estimate of drug-likeness (QED) is 0.455. The maximum Gasteiger partial charge on any atom is 0.182 e. The van der Waals surface area contributed by atoms with Crippen molar-refractivity contribution in [2.75, 3.05) is 26.6 Å². The lowest BCUT2D eigenvalue weighted by molar-refractivity contribution is 0.355. The standard InChI is InChI=1S/C16H19NO2.C6H4N2O/c1-11-6-5-7-13(17-2)16(11)12-8-9-14(18-3)15(10-12)19-4;1-2-6-5-3-4(1)8(5)7-9-6/h5-10,17H,1-4H3;1-3,7H. The Bertz CT molecular complexity index is 1140. The summed E-state index contributed by atoms with van der Waals surface area (Å²) in [5, 5.41) is 5.98. The zero-order valence-electron chi connectivity index (χ0n) is 16.4. The topological polar surface area (TPSA) is 64.3 Å². The highest BCUT2D eigenvalue weighted by atomic mass is 16.5. The van der Waals surface area contributed by atoms with Crippen molar-refractivity contribution < 1.29 is 14.0 Å². The van der Waals surface area contributed by atoms with Gasteiger partial charge in [0.15, 0.2) is 17.1 Å². The largest absolute Gasteiger partial charge is 0.493 e. The first-order valence-corrected chi connectivity index (χ1v) is 9.02. The zero-order chi connectivity index (χ0) is 19.7. The molecule has 0 unspecified atom stereocenters. The molecular weight excluding hydrogens is 354 g/mol. The van der Waals surface area contributed by atoms with Crippen LogP contribution in [-0.2, 0) is 0 Å². The summed E-state index contributed by atoms with van der Waals surface area (Å²) in [7, 11) is 5.22. The molecule has 144 valence electrons. The molecule has 0 atom stereocenters. The number of aromatic nitrogens is 2.